The topological polar surface area (TPSA) is 102 Å². The number of methoxy groups -OCH3 is 1. The molecule has 2 unspecified atom stereocenters. The number of halogens is 5. The zero-order valence-electron chi connectivity index (χ0n) is 29.6. The Morgan fingerprint density at radius 2 is 1.72 bits per heavy atom. The van der Waals surface area contributed by atoms with Gasteiger partial charge in [-0.25, -0.2) is 9.37 Å². The molecule has 2 heterocycles. The van der Waals surface area contributed by atoms with Crippen molar-refractivity contribution in [2.24, 2.45) is 0 Å². The van der Waals surface area contributed by atoms with Gasteiger partial charge < -0.3 is 30.0 Å². The van der Waals surface area contributed by atoms with E-state index in [1.165, 1.54) is 49.6 Å². The summed E-state index contributed by atoms with van der Waals surface area (Å²) in [7, 11) is 1.39. The summed E-state index contributed by atoms with van der Waals surface area (Å²) in [5.74, 6) is -0.196. The van der Waals surface area contributed by atoms with Gasteiger partial charge in [0.15, 0.2) is 11.5 Å². The van der Waals surface area contributed by atoms with Crippen LogP contribution in [0.25, 0.3) is 11.3 Å². The summed E-state index contributed by atoms with van der Waals surface area (Å²) < 4.78 is 74.3. The summed E-state index contributed by atoms with van der Waals surface area (Å²) in [6.45, 7) is 10.5. The van der Waals surface area contributed by atoms with E-state index < -0.39 is 42.1 Å². The number of amides is 1. The molecule has 50 heavy (non-hydrogen) atoms. The number of nitrogens with one attached hydrogen (secondary N) is 2. The molecule has 276 valence electrons. The Labute approximate surface area is 296 Å². The Kier molecular flexibility index (Phi) is 14.5. The molecule has 1 aromatic heterocycles. The first-order valence-corrected chi connectivity index (χ1v) is 17.3. The third kappa shape index (κ3) is 9.86. The van der Waals surface area contributed by atoms with Crippen molar-refractivity contribution in [3.05, 3.63) is 75.9 Å². The average Bonchev–Trinajstić information content (AvgIpc) is 3.79. The summed E-state index contributed by atoms with van der Waals surface area (Å²) in [5, 5.41) is 17.1. The van der Waals surface area contributed by atoms with E-state index in [1.807, 2.05) is 27.7 Å². The van der Waals surface area contributed by atoms with E-state index in [0.29, 0.717) is 36.5 Å². The third-order valence-corrected chi connectivity index (χ3v) is 8.53. The summed E-state index contributed by atoms with van der Waals surface area (Å²) in [5.41, 5.74) is -4.23. The normalized spacial score (nSPS) is 17.0. The van der Waals surface area contributed by atoms with Crippen LogP contribution in [0.3, 0.4) is 0 Å². The highest BCUT2D eigenvalue weighted by molar-refractivity contribution is 6.31. The number of aromatic nitrogens is 1. The number of rotatable bonds is 12. The molecule has 2 fully saturated rings. The molecule has 1 amide bonds. The molecule has 1 saturated heterocycles. The lowest BCUT2D eigenvalue weighted by Crippen LogP contribution is -2.52. The van der Waals surface area contributed by atoms with E-state index >= 15 is 0 Å². The molecule has 5 rings (SSSR count). The monoisotopic (exact) mass is 725 g/mol. The van der Waals surface area contributed by atoms with Crippen LogP contribution in [0.2, 0.25) is 5.02 Å². The SMILES string of the molecule is CC.CC.COc1cc(C(=O)NCC(O)(c2cc(C(C)(C)NC3CCOC3)cc(-c3ccc(CF)c(Cl)c3)n2)C(F)(F)F)ccc1OC1CC1. The van der Waals surface area contributed by atoms with E-state index in [9.17, 15) is 27.5 Å². The van der Waals surface area contributed by atoms with Gasteiger partial charge in [0, 0.05) is 39.9 Å². The fourth-order valence-corrected chi connectivity index (χ4v) is 5.46. The summed E-state index contributed by atoms with van der Waals surface area (Å²) in [4.78, 5) is 17.3. The van der Waals surface area contributed by atoms with Crippen molar-refractivity contribution < 1.29 is 41.7 Å². The van der Waals surface area contributed by atoms with Gasteiger partial charge in [0.1, 0.15) is 6.67 Å². The summed E-state index contributed by atoms with van der Waals surface area (Å²) >= 11 is 6.24. The number of carbonyl (C=O) groups is 1. The van der Waals surface area contributed by atoms with Crippen LogP contribution in [0.5, 0.6) is 11.5 Å². The Balaban J connectivity index is 0.00000163. The van der Waals surface area contributed by atoms with Crippen LogP contribution in [0.1, 0.15) is 88.0 Å². The van der Waals surface area contributed by atoms with Gasteiger partial charge in [-0.2, -0.15) is 13.2 Å². The first kappa shape index (κ1) is 41.0. The molecule has 2 aliphatic rings. The lowest BCUT2D eigenvalue weighted by Gasteiger charge is -2.34. The Morgan fingerprint density at radius 1 is 1.02 bits per heavy atom. The van der Waals surface area contributed by atoms with E-state index in [2.05, 4.69) is 15.6 Å². The maximum absolute atomic E-state index is 14.8. The molecule has 1 aliphatic heterocycles. The number of alkyl halides is 4. The van der Waals surface area contributed by atoms with Crippen LogP contribution in [0, 0.1) is 0 Å². The van der Waals surface area contributed by atoms with Crippen molar-refractivity contribution in [1.29, 1.82) is 0 Å². The standard InChI is InChI=1S/C33H36ClF4N3O5.2C2H6/c1-31(2,41-23-10-11-45-17-23)22-14-26(19-4-5-21(16-35)25(34)12-19)40-29(15-22)32(43,33(36,37)38)18-39-30(42)20-6-9-27(28(13-20)44-3)46-24-7-8-24;2*1-2/h4-6,9,12-15,23-24,41,43H,7-8,10-11,16-18H2,1-3H3,(H,39,42);2*1-2H3. The fraction of sp³-hybridized carbons (Fsp3) is 0.514. The van der Waals surface area contributed by atoms with Gasteiger partial charge in [-0.3, -0.25) is 4.79 Å². The smallest absolute Gasteiger partial charge is 0.424 e. The molecule has 0 bridgehead atoms. The van der Waals surface area contributed by atoms with Crippen LogP contribution in [-0.2, 0) is 22.6 Å². The minimum absolute atomic E-state index is 0.0126. The highest BCUT2D eigenvalue weighted by Crippen LogP contribution is 2.41. The van der Waals surface area contributed by atoms with Crippen molar-refractivity contribution in [1.82, 2.24) is 15.6 Å². The highest BCUT2D eigenvalue weighted by Gasteiger charge is 2.56. The third-order valence-electron chi connectivity index (χ3n) is 8.18. The minimum Gasteiger partial charge on any atom is -0.493 e. The zero-order chi connectivity index (χ0) is 37.3. The maximum Gasteiger partial charge on any atom is 0.424 e. The molecule has 2 aromatic carbocycles. The van der Waals surface area contributed by atoms with E-state index in [4.69, 9.17) is 25.8 Å². The molecule has 3 aromatic rings. The van der Waals surface area contributed by atoms with Crippen molar-refractivity contribution in [2.45, 2.75) is 96.9 Å². The minimum atomic E-state index is -5.25. The van der Waals surface area contributed by atoms with Crippen molar-refractivity contribution in [3.63, 3.8) is 0 Å². The van der Waals surface area contributed by atoms with Crippen LogP contribution >= 0.6 is 11.6 Å². The summed E-state index contributed by atoms with van der Waals surface area (Å²) in [6, 6.07) is 11.4. The number of hydrogen-bond acceptors (Lipinski definition) is 7. The molecular formula is C37H48ClF4N3O5. The Morgan fingerprint density at radius 3 is 2.28 bits per heavy atom. The van der Waals surface area contributed by atoms with Gasteiger partial charge in [-0.15, -0.1) is 0 Å². The van der Waals surface area contributed by atoms with Crippen LogP contribution < -0.4 is 20.1 Å². The fourth-order valence-electron chi connectivity index (χ4n) is 5.23. The molecule has 0 radical (unpaired) electrons. The van der Waals surface area contributed by atoms with Crippen molar-refractivity contribution in [3.8, 4) is 22.8 Å². The lowest BCUT2D eigenvalue weighted by molar-refractivity contribution is -0.265. The molecular weight excluding hydrogens is 678 g/mol. The second-order valence-electron chi connectivity index (χ2n) is 12.1. The molecule has 0 spiro atoms. The lowest BCUT2D eigenvalue weighted by atomic mass is 9.88. The maximum atomic E-state index is 14.8. The van der Waals surface area contributed by atoms with E-state index in [-0.39, 0.29) is 39.7 Å². The van der Waals surface area contributed by atoms with Gasteiger partial charge in [0.2, 0.25) is 5.60 Å². The molecule has 3 N–H and O–H groups in total. The second kappa shape index (κ2) is 17.7. The number of benzene rings is 2. The van der Waals surface area contributed by atoms with Gasteiger partial charge in [0.25, 0.3) is 5.91 Å². The molecule has 13 heteroatoms. The first-order chi connectivity index (χ1) is 23.7. The zero-order valence-corrected chi connectivity index (χ0v) is 30.4. The van der Waals surface area contributed by atoms with Crippen molar-refractivity contribution in [2.75, 3.05) is 26.9 Å². The highest BCUT2D eigenvalue weighted by atomic mass is 35.5. The van der Waals surface area contributed by atoms with Crippen molar-refractivity contribution >= 4 is 17.5 Å². The average molecular weight is 726 g/mol. The number of pyridine rings is 1. The quantitative estimate of drug-likeness (QED) is 0.162. The first-order valence-electron chi connectivity index (χ1n) is 16.9. The molecule has 1 saturated carbocycles. The summed E-state index contributed by atoms with van der Waals surface area (Å²) in [6.07, 6.45) is -2.68. The van der Waals surface area contributed by atoms with E-state index in [0.717, 1.165) is 12.8 Å². The van der Waals surface area contributed by atoms with Gasteiger partial charge >= 0.3 is 6.18 Å². The predicted molar refractivity (Wildman–Crippen MR) is 187 cm³/mol. The number of carbonyl (C=O) groups excluding carboxylic acids is 1. The number of hydrogen-bond donors (Lipinski definition) is 3. The second-order valence-corrected chi connectivity index (χ2v) is 12.5. The Bertz CT molecular complexity index is 1580. The molecule has 2 atom stereocenters. The van der Waals surface area contributed by atoms with Gasteiger partial charge in [-0.05, 0) is 75.1 Å². The van der Waals surface area contributed by atoms with Gasteiger partial charge in [0.05, 0.1) is 37.8 Å². The van der Waals surface area contributed by atoms with E-state index in [1.54, 1.807) is 19.9 Å². The van der Waals surface area contributed by atoms with Crippen LogP contribution in [0.4, 0.5) is 17.6 Å². The predicted octanol–water partition coefficient (Wildman–Crippen LogP) is 8.27. The molecule has 8 nitrogen and oxygen atoms in total. The number of ether oxygens (including phenoxy) is 3. The largest absolute Gasteiger partial charge is 0.493 e. The van der Waals surface area contributed by atoms with Crippen LogP contribution in [0.15, 0.2) is 48.5 Å². The number of aliphatic hydroxyl groups is 1. The van der Waals surface area contributed by atoms with Crippen LogP contribution in [-0.4, -0.2) is 61.2 Å². The van der Waals surface area contributed by atoms with Gasteiger partial charge in [-0.1, -0.05) is 51.4 Å². The Hall–Kier alpha value is -3.45. The number of nitrogens with zero attached hydrogens (tertiary/aromatic N) is 1. The molecule has 1 aliphatic carbocycles.